The zero-order valence-electron chi connectivity index (χ0n) is 13.4. The number of nitrogens with one attached hydrogen (secondary N) is 1. The molecule has 0 saturated heterocycles. The van der Waals surface area contributed by atoms with Gasteiger partial charge in [0.2, 0.25) is 0 Å². The van der Waals surface area contributed by atoms with E-state index >= 15 is 0 Å². The lowest BCUT2D eigenvalue weighted by molar-refractivity contribution is -0.0500. The second-order valence-corrected chi connectivity index (χ2v) is 4.89. The van der Waals surface area contributed by atoms with Crippen LogP contribution in [-0.2, 0) is 19.4 Å². The van der Waals surface area contributed by atoms with Crippen LogP contribution >= 0.6 is 0 Å². The van der Waals surface area contributed by atoms with Crippen LogP contribution in [0.15, 0.2) is 18.3 Å². The van der Waals surface area contributed by atoms with Crippen molar-refractivity contribution in [2.24, 2.45) is 0 Å². The summed E-state index contributed by atoms with van der Waals surface area (Å²) in [6.07, 6.45) is 2.62. The van der Waals surface area contributed by atoms with E-state index in [4.69, 9.17) is 0 Å². The van der Waals surface area contributed by atoms with E-state index in [1.165, 1.54) is 12.3 Å². The van der Waals surface area contributed by atoms with Gasteiger partial charge in [-0.25, -0.2) is 0 Å². The van der Waals surface area contributed by atoms with Gasteiger partial charge in [0.1, 0.15) is 17.4 Å². The lowest BCUT2D eigenvalue weighted by Crippen LogP contribution is -2.10. The minimum absolute atomic E-state index is 0.00757. The molecule has 1 N–H and O–H groups in total. The summed E-state index contributed by atoms with van der Waals surface area (Å²) in [6, 6.07) is 5.14. The molecule has 126 valence electrons. The van der Waals surface area contributed by atoms with Crippen molar-refractivity contribution in [3.05, 3.63) is 40.8 Å². The number of halogens is 2. The van der Waals surface area contributed by atoms with E-state index in [2.05, 4.69) is 31.3 Å². The first-order chi connectivity index (χ1) is 11.6. The van der Waals surface area contributed by atoms with Crippen LogP contribution in [-0.4, -0.2) is 21.8 Å². The summed E-state index contributed by atoms with van der Waals surface area (Å²) < 4.78 is 28.4. The monoisotopic (exact) mass is 333 g/mol. The van der Waals surface area contributed by atoms with Gasteiger partial charge in [0, 0.05) is 0 Å². The fraction of sp³-hybridized carbons (Fsp3) is 0.375. The minimum Gasteiger partial charge on any atom is -0.433 e. The van der Waals surface area contributed by atoms with Crippen LogP contribution in [0.1, 0.15) is 36.4 Å². The molecule has 2 aromatic rings. The van der Waals surface area contributed by atoms with Crippen molar-refractivity contribution in [1.82, 2.24) is 15.2 Å². The molecular formula is C16H17F2N5O. The molecule has 0 unspecified atom stereocenters. The quantitative estimate of drug-likeness (QED) is 0.838. The first-order valence-corrected chi connectivity index (χ1v) is 7.51. The maximum atomic E-state index is 12.1. The van der Waals surface area contributed by atoms with Crippen molar-refractivity contribution in [3.63, 3.8) is 0 Å². The average molecular weight is 333 g/mol. The Labute approximate surface area is 138 Å². The number of hydrogen-bond acceptors (Lipinski definition) is 6. The van der Waals surface area contributed by atoms with Crippen LogP contribution in [0, 0.1) is 11.3 Å². The van der Waals surface area contributed by atoms with Gasteiger partial charge in [-0.15, -0.1) is 5.10 Å². The maximum absolute atomic E-state index is 12.1. The molecule has 2 heterocycles. The van der Waals surface area contributed by atoms with E-state index in [9.17, 15) is 14.0 Å². The first-order valence-electron chi connectivity index (χ1n) is 7.51. The van der Waals surface area contributed by atoms with Crippen LogP contribution in [0.25, 0.3) is 0 Å². The minimum atomic E-state index is -2.88. The largest absolute Gasteiger partial charge is 0.433 e. The molecule has 0 aliphatic rings. The third-order valence-corrected chi connectivity index (χ3v) is 3.42. The predicted molar refractivity (Wildman–Crippen MR) is 83.7 cm³/mol. The highest BCUT2D eigenvalue weighted by atomic mass is 19.3. The van der Waals surface area contributed by atoms with Crippen LogP contribution in [0.4, 0.5) is 14.6 Å². The molecule has 0 spiro atoms. The molecule has 2 aromatic heterocycles. The summed E-state index contributed by atoms with van der Waals surface area (Å²) in [5.41, 5.74) is 2.76. The zero-order chi connectivity index (χ0) is 17.5. The Bertz CT molecular complexity index is 728. The molecule has 6 nitrogen and oxygen atoms in total. The summed E-state index contributed by atoms with van der Waals surface area (Å²) in [6.45, 7) is 1.33. The molecule has 0 fully saturated rings. The lowest BCUT2D eigenvalue weighted by atomic mass is 10.0. The third-order valence-electron chi connectivity index (χ3n) is 3.42. The van der Waals surface area contributed by atoms with Crippen LogP contribution in [0.2, 0.25) is 0 Å². The molecule has 0 aromatic carbocycles. The van der Waals surface area contributed by atoms with Crippen molar-refractivity contribution in [2.75, 3.05) is 5.32 Å². The molecule has 0 saturated carbocycles. The number of hydrogen-bond donors (Lipinski definition) is 1. The summed E-state index contributed by atoms with van der Waals surface area (Å²) in [5.74, 6) is 0.382. The zero-order valence-corrected chi connectivity index (χ0v) is 13.4. The highest BCUT2D eigenvalue weighted by Gasteiger charge is 2.14. The number of alkyl halides is 2. The van der Waals surface area contributed by atoms with Gasteiger partial charge in [-0.2, -0.15) is 19.1 Å². The van der Waals surface area contributed by atoms with Crippen molar-refractivity contribution >= 4 is 5.82 Å². The van der Waals surface area contributed by atoms with Gasteiger partial charge >= 0.3 is 6.61 Å². The Morgan fingerprint density at radius 3 is 2.58 bits per heavy atom. The Morgan fingerprint density at radius 2 is 2.04 bits per heavy atom. The van der Waals surface area contributed by atoms with Crippen molar-refractivity contribution in [1.29, 1.82) is 5.26 Å². The normalized spacial score (nSPS) is 10.5. The predicted octanol–water partition coefficient (Wildman–Crippen LogP) is 3.08. The first kappa shape index (κ1) is 17.5. The molecular weight excluding hydrogens is 316 g/mol. The van der Waals surface area contributed by atoms with Gasteiger partial charge < -0.3 is 10.1 Å². The Morgan fingerprint density at radius 1 is 1.25 bits per heavy atom. The van der Waals surface area contributed by atoms with Crippen molar-refractivity contribution < 1.29 is 13.5 Å². The molecule has 24 heavy (non-hydrogen) atoms. The number of nitrogens with zero attached hydrogens (tertiary/aromatic N) is 4. The van der Waals surface area contributed by atoms with E-state index < -0.39 is 6.61 Å². The van der Waals surface area contributed by atoms with E-state index in [0.717, 1.165) is 11.3 Å². The molecule has 0 amide bonds. The van der Waals surface area contributed by atoms with Crippen LogP contribution in [0.5, 0.6) is 5.75 Å². The standard InChI is InChI=1S/C16H17F2N5O/c1-3-12-13(7-19)15(23-22-14(12)4-2)21-8-10-5-6-11(9-20-10)24-16(17)18/h5-6,9,16H,3-4,8H2,1-2H3,(H,21,23). The highest BCUT2D eigenvalue weighted by molar-refractivity contribution is 5.56. The topological polar surface area (TPSA) is 83.7 Å². The fourth-order valence-corrected chi connectivity index (χ4v) is 2.28. The van der Waals surface area contributed by atoms with Crippen molar-refractivity contribution in [3.8, 4) is 11.8 Å². The van der Waals surface area contributed by atoms with Gasteiger partial charge in [-0.1, -0.05) is 13.8 Å². The second-order valence-electron chi connectivity index (χ2n) is 4.89. The number of anilines is 1. The molecule has 8 heteroatoms. The number of rotatable bonds is 7. The summed E-state index contributed by atoms with van der Waals surface area (Å²) in [5, 5.41) is 20.6. The Kier molecular flexibility index (Phi) is 5.95. The number of aromatic nitrogens is 3. The van der Waals surface area contributed by atoms with E-state index in [0.29, 0.717) is 29.9 Å². The molecule has 0 aliphatic carbocycles. The highest BCUT2D eigenvalue weighted by Crippen LogP contribution is 2.20. The van der Waals surface area contributed by atoms with Gasteiger partial charge in [0.05, 0.1) is 24.1 Å². The van der Waals surface area contributed by atoms with Crippen LogP contribution < -0.4 is 10.1 Å². The lowest BCUT2D eigenvalue weighted by Gasteiger charge is -2.12. The second kappa shape index (κ2) is 8.15. The SMILES string of the molecule is CCc1nnc(NCc2ccc(OC(F)F)cn2)c(C#N)c1CC. The summed E-state index contributed by atoms with van der Waals surface area (Å²) in [4.78, 5) is 4.03. The third kappa shape index (κ3) is 4.13. The molecule has 0 aliphatic heterocycles. The number of pyridine rings is 1. The Hall–Kier alpha value is -2.82. The average Bonchev–Trinajstić information content (AvgIpc) is 2.59. The molecule has 0 radical (unpaired) electrons. The molecule has 0 bridgehead atoms. The van der Waals surface area contributed by atoms with Gasteiger partial charge in [0.15, 0.2) is 5.82 Å². The number of nitriles is 1. The van der Waals surface area contributed by atoms with Gasteiger partial charge in [-0.3, -0.25) is 4.98 Å². The van der Waals surface area contributed by atoms with E-state index in [1.807, 2.05) is 13.8 Å². The van der Waals surface area contributed by atoms with Crippen LogP contribution in [0.3, 0.4) is 0 Å². The van der Waals surface area contributed by atoms with E-state index in [1.54, 1.807) is 6.07 Å². The maximum Gasteiger partial charge on any atom is 0.387 e. The number of aryl methyl sites for hydroxylation is 1. The van der Waals surface area contributed by atoms with Gasteiger partial charge in [0.25, 0.3) is 0 Å². The molecule has 2 rings (SSSR count). The fourth-order valence-electron chi connectivity index (χ4n) is 2.28. The number of ether oxygens (including phenoxy) is 1. The van der Waals surface area contributed by atoms with Crippen molar-refractivity contribution in [2.45, 2.75) is 39.8 Å². The summed E-state index contributed by atoms with van der Waals surface area (Å²) in [7, 11) is 0. The Balaban J connectivity index is 2.13. The van der Waals surface area contributed by atoms with E-state index in [-0.39, 0.29) is 12.3 Å². The molecule has 0 atom stereocenters. The van der Waals surface area contributed by atoms with Gasteiger partial charge in [-0.05, 0) is 30.5 Å². The summed E-state index contributed by atoms with van der Waals surface area (Å²) >= 11 is 0. The smallest absolute Gasteiger partial charge is 0.387 e.